The minimum absolute atomic E-state index is 0.116. The number of aryl methyl sites for hydroxylation is 1. The van der Waals surface area contributed by atoms with Crippen LogP contribution in [0.25, 0.3) is 11.6 Å². The summed E-state index contributed by atoms with van der Waals surface area (Å²) in [5.41, 5.74) is 5.66. The van der Waals surface area contributed by atoms with Crippen molar-refractivity contribution >= 4 is 60.8 Å². The first-order valence-corrected chi connectivity index (χ1v) is 17.1. The van der Waals surface area contributed by atoms with Gasteiger partial charge in [0.1, 0.15) is 0 Å². The lowest BCUT2D eigenvalue weighted by molar-refractivity contribution is -0.110. The van der Waals surface area contributed by atoms with Crippen LogP contribution in [0.2, 0.25) is 0 Å². The molecule has 3 aromatic rings. The molecule has 0 aliphatic carbocycles. The van der Waals surface area contributed by atoms with E-state index in [0.717, 1.165) is 54.7 Å². The molecule has 0 radical (unpaired) electrons. The van der Waals surface area contributed by atoms with Crippen LogP contribution in [0.3, 0.4) is 0 Å². The predicted molar refractivity (Wildman–Crippen MR) is 176 cm³/mol. The SMILES string of the molecule is Cc1[nH]c(/C=C2\C(=O)Nc3ccc(S(=O)(=O)N4CCc5cc(Br)ccc54)cc32)c(C)c1C(=O)NCCCN1CCN(C)CC1. The van der Waals surface area contributed by atoms with Crippen molar-refractivity contribution < 1.29 is 18.0 Å². The first-order valence-electron chi connectivity index (χ1n) is 14.9. The van der Waals surface area contributed by atoms with Gasteiger partial charge < -0.3 is 25.4 Å². The summed E-state index contributed by atoms with van der Waals surface area (Å²) in [7, 11) is -1.72. The molecular weight excluding hydrogens is 644 g/mol. The molecule has 1 aromatic heterocycles. The van der Waals surface area contributed by atoms with E-state index in [1.165, 1.54) is 10.4 Å². The molecule has 232 valence electrons. The van der Waals surface area contributed by atoms with E-state index in [4.69, 9.17) is 0 Å². The second kappa shape index (κ2) is 12.2. The topological polar surface area (TPSA) is 118 Å². The summed E-state index contributed by atoms with van der Waals surface area (Å²) >= 11 is 3.46. The lowest BCUT2D eigenvalue weighted by Crippen LogP contribution is -2.45. The zero-order chi connectivity index (χ0) is 31.2. The third kappa shape index (κ3) is 5.83. The molecule has 0 atom stereocenters. The van der Waals surface area contributed by atoms with Gasteiger partial charge in [-0.25, -0.2) is 8.42 Å². The van der Waals surface area contributed by atoms with E-state index < -0.39 is 10.0 Å². The number of fused-ring (bicyclic) bond motifs is 2. The summed E-state index contributed by atoms with van der Waals surface area (Å²) in [4.78, 5) is 34.3. The number of hydrogen-bond acceptors (Lipinski definition) is 6. The Morgan fingerprint density at radius 1 is 1.07 bits per heavy atom. The molecule has 2 aromatic carbocycles. The fourth-order valence-corrected chi connectivity index (χ4v) is 8.19. The Labute approximate surface area is 266 Å². The predicted octanol–water partition coefficient (Wildman–Crippen LogP) is 4.01. The van der Waals surface area contributed by atoms with Crippen LogP contribution in [0, 0.1) is 13.8 Å². The maximum absolute atomic E-state index is 13.8. The molecule has 10 nitrogen and oxygen atoms in total. The Morgan fingerprint density at radius 3 is 2.61 bits per heavy atom. The Balaban J connectivity index is 1.20. The minimum atomic E-state index is -3.86. The highest BCUT2D eigenvalue weighted by Crippen LogP contribution is 2.39. The number of anilines is 2. The van der Waals surface area contributed by atoms with Crippen molar-refractivity contribution in [3.8, 4) is 0 Å². The molecule has 3 N–H and O–H groups in total. The van der Waals surface area contributed by atoms with Gasteiger partial charge in [0.25, 0.3) is 21.8 Å². The number of sulfonamides is 1. The highest BCUT2D eigenvalue weighted by Gasteiger charge is 2.33. The highest BCUT2D eigenvalue weighted by atomic mass is 79.9. The van der Waals surface area contributed by atoms with E-state index in [1.54, 1.807) is 18.2 Å². The van der Waals surface area contributed by atoms with Crippen molar-refractivity contribution in [1.29, 1.82) is 0 Å². The smallest absolute Gasteiger partial charge is 0.264 e. The summed E-state index contributed by atoms with van der Waals surface area (Å²) in [6.45, 7) is 9.81. The molecule has 0 unspecified atom stereocenters. The monoisotopic (exact) mass is 680 g/mol. The number of rotatable bonds is 8. The third-order valence-electron chi connectivity index (χ3n) is 8.78. The van der Waals surface area contributed by atoms with Crippen molar-refractivity contribution in [3.63, 3.8) is 0 Å². The number of halogens is 1. The van der Waals surface area contributed by atoms with Gasteiger partial charge in [-0.1, -0.05) is 15.9 Å². The molecule has 1 fully saturated rings. The van der Waals surface area contributed by atoms with Gasteiger partial charge >= 0.3 is 0 Å². The van der Waals surface area contributed by atoms with Crippen LogP contribution in [0.4, 0.5) is 11.4 Å². The quantitative estimate of drug-likeness (QED) is 0.245. The van der Waals surface area contributed by atoms with Crippen LogP contribution < -0.4 is 14.9 Å². The molecular formula is C32H37BrN6O4S. The van der Waals surface area contributed by atoms with Gasteiger partial charge in [-0.3, -0.25) is 13.9 Å². The molecule has 4 heterocycles. The molecule has 44 heavy (non-hydrogen) atoms. The van der Waals surface area contributed by atoms with E-state index >= 15 is 0 Å². The first kappa shape index (κ1) is 30.6. The van der Waals surface area contributed by atoms with Crippen molar-refractivity contribution in [3.05, 3.63) is 74.5 Å². The second-order valence-electron chi connectivity index (χ2n) is 11.7. The summed E-state index contributed by atoms with van der Waals surface area (Å²) in [6.07, 6.45) is 3.20. The Bertz CT molecular complexity index is 1770. The number of aromatic amines is 1. The number of amides is 2. The molecule has 6 rings (SSSR count). The van der Waals surface area contributed by atoms with Crippen molar-refractivity contribution in [2.45, 2.75) is 31.6 Å². The van der Waals surface area contributed by atoms with E-state index in [0.29, 0.717) is 59.0 Å². The highest BCUT2D eigenvalue weighted by molar-refractivity contribution is 9.10. The van der Waals surface area contributed by atoms with Crippen LogP contribution in [0.5, 0.6) is 0 Å². The van der Waals surface area contributed by atoms with Gasteiger partial charge in [0.15, 0.2) is 0 Å². The third-order valence-corrected chi connectivity index (χ3v) is 11.1. The van der Waals surface area contributed by atoms with E-state index in [1.807, 2.05) is 32.0 Å². The number of nitrogens with zero attached hydrogens (tertiary/aromatic N) is 3. The summed E-state index contributed by atoms with van der Waals surface area (Å²) in [5.74, 6) is -0.477. The number of carbonyl (C=O) groups excluding carboxylic acids is 2. The van der Waals surface area contributed by atoms with Gasteiger partial charge in [0.2, 0.25) is 0 Å². The van der Waals surface area contributed by atoms with Crippen LogP contribution in [-0.4, -0.2) is 87.9 Å². The average Bonchev–Trinajstić information content (AvgIpc) is 3.64. The Kier molecular flexibility index (Phi) is 8.44. The van der Waals surface area contributed by atoms with Crippen molar-refractivity contribution in [2.75, 3.05) is 62.5 Å². The minimum Gasteiger partial charge on any atom is -0.358 e. The number of H-pyrrole nitrogens is 1. The summed E-state index contributed by atoms with van der Waals surface area (Å²) in [5, 5.41) is 5.90. The number of piperazine rings is 1. The molecule has 1 saturated heterocycles. The van der Waals surface area contributed by atoms with E-state index in [2.05, 4.69) is 48.4 Å². The lowest BCUT2D eigenvalue weighted by atomic mass is 10.0. The number of hydrogen-bond donors (Lipinski definition) is 3. The van der Waals surface area contributed by atoms with Gasteiger partial charge in [-0.2, -0.15) is 0 Å². The Morgan fingerprint density at radius 2 is 1.84 bits per heavy atom. The number of carbonyl (C=O) groups is 2. The number of aromatic nitrogens is 1. The molecule has 12 heteroatoms. The van der Waals surface area contributed by atoms with Crippen LogP contribution in [0.15, 0.2) is 45.8 Å². The molecule has 3 aliphatic heterocycles. The largest absolute Gasteiger partial charge is 0.358 e. The van der Waals surface area contributed by atoms with Crippen LogP contribution in [-0.2, 0) is 21.2 Å². The van der Waals surface area contributed by atoms with Gasteiger partial charge in [0, 0.05) is 66.4 Å². The average molecular weight is 682 g/mol. The molecule has 0 saturated carbocycles. The standard InChI is InChI=1S/C32H37BrN6O4S/c1-20-28(35-21(2)30(20)32(41)34-10-4-11-38-15-13-37(3)14-16-38)19-26-25-18-24(6-7-27(25)36-31(26)40)44(42,43)39-12-9-22-17-23(33)5-8-29(22)39/h5-8,17-19,35H,4,9-16H2,1-3H3,(H,34,41)(H,36,40)/b26-19-. The number of nitrogens with one attached hydrogen (secondary N) is 3. The van der Waals surface area contributed by atoms with Crippen LogP contribution >= 0.6 is 15.9 Å². The van der Waals surface area contributed by atoms with Gasteiger partial charge in [-0.15, -0.1) is 0 Å². The Hall–Kier alpha value is -3.45. The summed E-state index contributed by atoms with van der Waals surface area (Å²) < 4.78 is 29.8. The van der Waals surface area contributed by atoms with Gasteiger partial charge in [-0.05, 0) is 93.9 Å². The zero-order valence-corrected chi connectivity index (χ0v) is 27.6. The maximum Gasteiger partial charge on any atom is 0.264 e. The fraction of sp³-hybridized carbons (Fsp3) is 0.375. The van der Waals surface area contributed by atoms with Crippen molar-refractivity contribution in [2.24, 2.45) is 0 Å². The zero-order valence-electron chi connectivity index (χ0n) is 25.2. The van der Waals surface area contributed by atoms with Crippen molar-refractivity contribution in [1.82, 2.24) is 20.1 Å². The first-order chi connectivity index (χ1) is 21.0. The molecule has 0 bridgehead atoms. The summed E-state index contributed by atoms with van der Waals surface area (Å²) in [6, 6.07) is 10.3. The molecule has 2 amide bonds. The van der Waals surface area contributed by atoms with E-state index in [-0.39, 0.29) is 16.7 Å². The number of benzene rings is 2. The molecule has 0 spiro atoms. The fourth-order valence-electron chi connectivity index (χ4n) is 6.26. The normalized spacial score (nSPS) is 18.0. The van der Waals surface area contributed by atoms with E-state index in [9.17, 15) is 18.0 Å². The lowest BCUT2D eigenvalue weighted by Gasteiger charge is -2.32. The van der Waals surface area contributed by atoms with Crippen LogP contribution in [0.1, 0.15) is 44.9 Å². The van der Waals surface area contributed by atoms with Gasteiger partial charge in [0.05, 0.1) is 21.7 Å². The molecule has 3 aliphatic rings. The maximum atomic E-state index is 13.8. The number of likely N-dealkylation sites (N-methyl/N-ethyl adjacent to an activating group) is 1. The second-order valence-corrected chi connectivity index (χ2v) is 14.5.